The van der Waals surface area contributed by atoms with E-state index >= 15 is 0 Å². The number of hydrogen-bond donors (Lipinski definition) is 2. The number of carbonyl (C=O) groups excluding carboxylic acids is 2. The first-order valence-corrected chi connectivity index (χ1v) is 10.9. The second kappa shape index (κ2) is 9.02. The SMILES string of the molecule is CC(C)c1cc(C(=O)N(C)[C@@H]2CCCC[C@@H]2N(C)C(=O)c2cc(C(C)C)[nH]n2)n[nH]1. The average molecular weight is 415 g/mol. The van der Waals surface area contributed by atoms with Crippen LogP contribution in [0.3, 0.4) is 0 Å². The Morgan fingerprint density at radius 1 is 0.833 bits per heavy atom. The highest BCUT2D eigenvalue weighted by molar-refractivity contribution is 5.93. The van der Waals surface area contributed by atoms with E-state index < -0.39 is 0 Å². The Hall–Kier alpha value is -2.64. The van der Waals surface area contributed by atoms with Gasteiger partial charge in [-0.1, -0.05) is 40.5 Å². The molecule has 8 nitrogen and oxygen atoms in total. The first-order chi connectivity index (χ1) is 14.2. The lowest BCUT2D eigenvalue weighted by molar-refractivity contribution is 0.0415. The van der Waals surface area contributed by atoms with Gasteiger partial charge < -0.3 is 9.80 Å². The third-order valence-electron chi connectivity index (χ3n) is 6.21. The second-order valence-electron chi connectivity index (χ2n) is 8.98. The highest BCUT2D eigenvalue weighted by atomic mass is 16.2. The molecule has 164 valence electrons. The maximum absolute atomic E-state index is 13.1. The Kier molecular flexibility index (Phi) is 6.63. The molecule has 3 rings (SSSR count). The Balaban J connectivity index is 1.77. The van der Waals surface area contributed by atoms with Crippen molar-refractivity contribution < 1.29 is 9.59 Å². The minimum atomic E-state index is -0.113. The number of aromatic amines is 2. The van der Waals surface area contributed by atoms with Crippen LogP contribution >= 0.6 is 0 Å². The molecule has 2 atom stereocenters. The molecule has 2 N–H and O–H groups in total. The molecule has 2 amide bonds. The first kappa shape index (κ1) is 22.1. The van der Waals surface area contributed by atoms with Crippen LogP contribution in [0.4, 0.5) is 0 Å². The van der Waals surface area contributed by atoms with Gasteiger partial charge in [-0.3, -0.25) is 19.8 Å². The molecule has 1 saturated carbocycles. The van der Waals surface area contributed by atoms with Crippen LogP contribution in [0, 0.1) is 0 Å². The Morgan fingerprint density at radius 2 is 1.20 bits per heavy atom. The number of hydrogen-bond acceptors (Lipinski definition) is 4. The molecule has 1 aliphatic rings. The molecule has 1 fully saturated rings. The third kappa shape index (κ3) is 4.42. The highest BCUT2D eigenvalue weighted by Gasteiger charge is 2.36. The van der Waals surface area contributed by atoms with Gasteiger partial charge in [0.2, 0.25) is 0 Å². The van der Waals surface area contributed by atoms with Gasteiger partial charge in [-0.25, -0.2) is 0 Å². The number of aromatic nitrogens is 4. The van der Waals surface area contributed by atoms with Gasteiger partial charge >= 0.3 is 0 Å². The molecule has 2 heterocycles. The second-order valence-corrected chi connectivity index (χ2v) is 8.98. The van der Waals surface area contributed by atoms with Gasteiger partial charge in [-0.05, 0) is 36.8 Å². The molecule has 0 saturated heterocycles. The Bertz CT molecular complexity index is 812. The lowest BCUT2D eigenvalue weighted by Gasteiger charge is -2.42. The first-order valence-electron chi connectivity index (χ1n) is 10.9. The van der Waals surface area contributed by atoms with E-state index in [1.54, 1.807) is 9.80 Å². The summed E-state index contributed by atoms with van der Waals surface area (Å²) in [5.74, 6) is 0.329. The van der Waals surface area contributed by atoms with E-state index in [1.807, 2.05) is 26.2 Å². The van der Waals surface area contributed by atoms with Crippen molar-refractivity contribution in [3.05, 3.63) is 34.9 Å². The molecule has 0 spiro atoms. The third-order valence-corrected chi connectivity index (χ3v) is 6.21. The molecule has 0 aromatic carbocycles. The lowest BCUT2D eigenvalue weighted by Crippen LogP contribution is -2.54. The number of likely N-dealkylation sites (N-methyl/N-ethyl adjacent to an activating group) is 2. The van der Waals surface area contributed by atoms with Crippen LogP contribution in [0.25, 0.3) is 0 Å². The summed E-state index contributed by atoms with van der Waals surface area (Å²) in [6, 6.07) is 3.55. The number of rotatable bonds is 6. The van der Waals surface area contributed by atoms with Gasteiger partial charge in [-0.15, -0.1) is 0 Å². The summed E-state index contributed by atoms with van der Waals surface area (Å²) >= 11 is 0. The van der Waals surface area contributed by atoms with E-state index in [0.717, 1.165) is 37.1 Å². The monoisotopic (exact) mass is 414 g/mol. The van der Waals surface area contributed by atoms with Gasteiger partial charge in [0.15, 0.2) is 0 Å². The number of amides is 2. The van der Waals surface area contributed by atoms with Gasteiger partial charge in [-0.2, -0.15) is 10.2 Å². The number of carbonyl (C=O) groups is 2. The molecule has 2 aromatic rings. The van der Waals surface area contributed by atoms with Crippen molar-refractivity contribution in [2.24, 2.45) is 0 Å². The van der Waals surface area contributed by atoms with Crippen LogP contribution < -0.4 is 0 Å². The molecule has 0 radical (unpaired) electrons. The maximum Gasteiger partial charge on any atom is 0.274 e. The lowest BCUT2D eigenvalue weighted by atomic mass is 9.88. The quantitative estimate of drug-likeness (QED) is 0.755. The molecule has 0 unspecified atom stereocenters. The molecule has 8 heteroatoms. The zero-order valence-electron chi connectivity index (χ0n) is 18.9. The zero-order valence-corrected chi connectivity index (χ0v) is 18.9. The normalized spacial score (nSPS) is 19.3. The largest absolute Gasteiger partial charge is 0.335 e. The fourth-order valence-corrected chi connectivity index (χ4v) is 4.14. The summed E-state index contributed by atoms with van der Waals surface area (Å²) in [5, 5.41) is 14.3. The van der Waals surface area contributed by atoms with Crippen LogP contribution in [0.1, 0.15) is 97.6 Å². The van der Waals surface area contributed by atoms with Crippen molar-refractivity contribution in [1.82, 2.24) is 30.2 Å². The summed E-state index contributed by atoms with van der Waals surface area (Å²) < 4.78 is 0. The van der Waals surface area contributed by atoms with E-state index in [4.69, 9.17) is 0 Å². The van der Waals surface area contributed by atoms with Gasteiger partial charge in [0.1, 0.15) is 11.4 Å². The molecule has 0 aliphatic heterocycles. The van der Waals surface area contributed by atoms with Crippen molar-refractivity contribution in [3.8, 4) is 0 Å². The van der Waals surface area contributed by atoms with E-state index in [-0.39, 0.29) is 35.7 Å². The van der Waals surface area contributed by atoms with Crippen LogP contribution in [-0.2, 0) is 0 Å². The number of nitrogens with one attached hydrogen (secondary N) is 2. The van der Waals surface area contributed by atoms with Crippen LogP contribution in [0.5, 0.6) is 0 Å². The summed E-state index contributed by atoms with van der Waals surface area (Å²) in [6.07, 6.45) is 3.81. The van der Waals surface area contributed by atoms with Crippen LogP contribution in [0.2, 0.25) is 0 Å². The van der Waals surface area contributed by atoms with E-state index in [9.17, 15) is 9.59 Å². The Labute approximate surface area is 178 Å². The fraction of sp³-hybridized carbons (Fsp3) is 0.636. The van der Waals surface area contributed by atoms with Crippen molar-refractivity contribution in [2.45, 2.75) is 77.3 Å². The van der Waals surface area contributed by atoms with E-state index in [1.165, 1.54) is 0 Å². The highest BCUT2D eigenvalue weighted by Crippen LogP contribution is 2.28. The fourth-order valence-electron chi connectivity index (χ4n) is 4.14. The van der Waals surface area contributed by atoms with Crippen molar-refractivity contribution in [3.63, 3.8) is 0 Å². The summed E-state index contributed by atoms with van der Waals surface area (Å²) in [4.78, 5) is 29.7. The summed E-state index contributed by atoms with van der Waals surface area (Å²) in [6.45, 7) is 8.23. The standard InChI is InChI=1S/C22H34N6O2/c1-13(2)15-11-17(25-23-15)21(29)27(5)19-9-7-8-10-20(19)28(6)22(30)18-12-16(14(3)4)24-26-18/h11-14,19-20H,7-10H2,1-6H3,(H,23,25)(H,24,26)/t19-,20+. The number of H-pyrrole nitrogens is 2. The zero-order chi connectivity index (χ0) is 22.0. The molecule has 1 aliphatic carbocycles. The molecule has 2 aromatic heterocycles. The molecule has 0 bridgehead atoms. The van der Waals surface area contributed by atoms with Crippen LogP contribution in [0.15, 0.2) is 12.1 Å². The average Bonchev–Trinajstić information content (AvgIpc) is 3.41. The molecular formula is C22H34N6O2. The predicted octanol–water partition coefficient (Wildman–Crippen LogP) is 3.54. The van der Waals surface area contributed by atoms with E-state index in [2.05, 4.69) is 48.1 Å². The number of nitrogens with zero attached hydrogens (tertiary/aromatic N) is 4. The van der Waals surface area contributed by atoms with Crippen LogP contribution in [-0.4, -0.2) is 68.2 Å². The van der Waals surface area contributed by atoms with Crippen molar-refractivity contribution >= 4 is 11.8 Å². The van der Waals surface area contributed by atoms with Gasteiger partial charge in [0.05, 0.1) is 12.1 Å². The topological polar surface area (TPSA) is 98.0 Å². The van der Waals surface area contributed by atoms with E-state index in [0.29, 0.717) is 11.4 Å². The summed E-state index contributed by atoms with van der Waals surface area (Å²) in [7, 11) is 3.64. The minimum Gasteiger partial charge on any atom is -0.335 e. The van der Waals surface area contributed by atoms with Gasteiger partial charge in [0, 0.05) is 25.5 Å². The van der Waals surface area contributed by atoms with Crippen molar-refractivity contribution in [1.29, 1.82) is 0 Å². The Morgan fingerprint density at radius 3 is 1.50 bits per heavy atom. The minimum absolute atomic E-state index is 0.0529. The molecule has 30 heavy (non-hydrogen) atoms. The van der Waals surface area contributed by atoms with Gasteiger partial charge in [0.25, 0.3) is 11.8 Å². The predicted molar refractivity (Wildman–Crippen MR) is 116 cm³/mol. The maximum atomic E-state index is 13.1. The smallest absolute Gasteiger partial charge is 0.274 e. The molecular weight excluding hydrogens is 380 g/mol. The summed E-state index contributed by atoms with van der Waals surface area (Å²) in [5.41, 5.74) is 2.74. The van der Waals surface area contributed by atoms with Crippen molar-refractivity contribution in [2.75, 3.05) is 14.1 Å².